The number of carbonyl (C=O) groups excluding carboxylic acids is 2. The average molecular weight is 173 g/mol. The van der Waals surface area contributed by atoms with Crippen molar-refractivity contribution >= 4 is 12.2 Å². The number of hydrogen-bond acceptors (Lipinski definition) is 5. The highest BCUT2D eigenvalue weighted by Crippen LogP contribution is 1.97. The number of hydrogen-bond donors (Lipinski definition) is 0. The third kappa shape index (κ3) is 2.39. The summed E-state index contributed by atoms with van der Waals surface area (Å²) >= 11 is 0. The van der Waals surface area contributed by atoms with Gasteiger partial charge < -0.3 is 0 Å². The zero-order valence-electron chi connectivity index (χ0n) is 7.06. The maximum absolute atomic E-state index is 10.7. The van der Waals surface area contributed by atoms with Crippen LogP contribution in [0.4, 0.5) is 0 Å². The summed E-state index contributed by atoms with van der Waals surface area (Å²) in [6.45, 7) is 4.39. The third-order valence-corrected chi connectivity index (χ3v) is 1.37. The van der Waals surface area contributed by atoms with Crippen molar-refractivity contribution in [3.05, 3.63) is 4.91 Å². The smallest absolute Gasteiger partial charge is 0.292 e. The summed E-state index contributed by atoms with van der Waals surface area (Å²) in [6, 6.07) is 0. The van der Waals surface area contributed by atoms with Crippen LogP contribution in [0.25, 0.3) is 0 Å². The van der Waals surface area contributed by atoms with Crippen LogP contribution in [0.2, 0.25) is 0 Å². The number of aldehydes is 1. The van der Waals surface area contributed by atoms with Gasteiger partial charge in [0, 0.05) is 13.1 Å². The number of hydrazine groups is 1. The second-order valence-electron chi connectivity index (χ2n) is 1.97. The lowest BCUT2D eigenvalue weighted by Crippen LogP contribution is -2.43. The van der Waals surface area contributed by atoms with E-state index in [4.69, 9.17) is 0 Å². The Morgan fingerprint density at radius 2 is 1.92 bits per heavy atom. The molecule has 12 heavy (non-hydrogen) atoms. The second-order valence-corrected chi connectivity index (χ2v) is 1.97. The topological polar surface area (TPSA) is 70.0 Å². The molecule has 0 aromatic carbocycles. The fourth-order valence-corrected chi connectivity index (χ4v) is 0.770. The van der Waals surface area contributed by atoms with E-state index in [9.17, 15) is 14.5 Å². The molecule has 68 valence electrons. The number of amides is 1. The predicted octanol–water partition coefficient (Wildman–Crippen LogP) is -0.0479. The number of rotatable bonds is 5. The van der Waals surface area contributed by atoms with Crippen molar-refractivity contribution in [1.29, 1.82) is 0 Å². The Labute approximate surface area is 70.0 Å². The fraction of sp³-hybridized carbons (Fsp3) is 0.667. The molecule has 0 atom stereocenters. The highest BCUT2D eigenvalue weighted by atomic mass is 16.3. The van der Waals surface area contributed by atoms with Crippen molar-refractivity contribution < 1.29 is 9.59 Å². The monoisotopic (exact) mass is 173 g/mol. The van der Waals surface area contributed by atoms with Crippen LogP contribution in [-0.2, 0) is 9.59 Å². The van der Waals surface area contributed by atoms with Crippen LogP contribution in [0.15, 0.2) is 5.29 Å². The van der Waals surface area contributed by atoms with Crippen LogP contribution < -0.4 is 0 Å². The molecule has 0 N–H and O–H groups in total. The lowest BCUT2D eigenvalue weighted by molar-refractivity contribution is -0.152. The molecular formula is C6H11N3O3. The molecule has 0 heterocycles. The molecule has 0 aliphatic rings. The van der Waals surface area contributed by atoms with Gasteiger partial charge in [0.1, 0.15) is 0 Å². The van der Waals surface area contributed by atoms with Crippen molar-refractivity contribution in [2.75, 3.05) is 13.1 Å². The van der Waals surface area contributed by atoms with Gasteiger partial charge in [0.05, 0.1) is 5.29 Å². The zero-order chi connectivity index (χ0) is 9.56. The largest absolute Gasteiger partial charge is 0.324 e. The normalized spacial score (nSPS) is 9.58. The standard InChI is InChI=1S/C6H11N3O3/c1-3-8(4-2)9(7-12)6(11)5-10/h5H,3-4H2,1-2H3. The Balaban J connectivity index is 4.39. The van der Waals surface area contributed by atoms with Gasteiger partial charge >= 0.3 is 5.91 Å². The van der Waals surface area contributed by atoms with Crippen LogP contribution >= 0.6 is 0 Å². The number of nitroso groups, excluding NO2 is 1. The summed E-state index contributed by atoms with van der Waals surface area (Å²) in [4.78, 5) is 30.9. The molecule has 6 heteroatoms. The van der Waals surface area contributed by atoms with E-state index in [0.29, 0.717) is 18.2 Å². The van der Waals surface area contributed by atoms with Gasteiger partial charge in [-0.05, 0) is 0 Å². The first kappa shape index (κ1) is 10.7. The first-order chi connectivity index (χ1) is 5.71. The van der Waals surface area contributed by atoms with Crippen LogP contribution in [0.1, 0.15) is 13.8 Å². The molecule has 0 rings (SSSR count). The maximum atomic E-state index is 10.7. The molecule has 0 radical (unpaired) electrons. The Morgan fingerprint density at radius 3 is 2.17 bits per heavy atom. The molecule has 0 bridgehead atoms. The van der Waals surface area contributed by atoms with Crippen LogP contribution in [-0.4, -0.2) is 35.4 Å². The van der Waals surface area contributed by atoms with Crippen LogP contribution in [0, 0.1) is 4.91 Å². The van der Waals surface area contributed by atoms with Gasteiger partial charge in [-0.2, -0.15) is 5.01 Å². The molecule has 0 saturated carbocycles. The van der Waals surface area contributed by atoms with Gasteiger partial charge in [0.2, 0.25) is 6.29 Å². The van der Waals surface area contributed by atoms with Gasteiger partial charge in [-0.1, -0.05) is 13.8 Å². The average Bonchev–Trinajstić information content (AvgIpc) is 2.12. The summed E-state index contributed by atoms with van der Waals surface area (Å²) in [5.41, 5.74) is 0. The maximum Gasteiger partial charge on any atom is 0.324 e. The van der Waals surface area contributed by atoms with E-state index in [0.717, 1.165) is 0 Å². The Bertz CT molecular complexity index is 179. The highest BCUT2D eigenvalue weighted by molar-refractivity contribution is 6.23. The molecule has 0 fully saturated rings. The van der Waals surface area contributed by atoms with Crippen molar-refractivity contribution in [2.45, 2.75) is 13.8 Å². The summed E-state index contributed by atoms with van der Waals surface area (Å²) in [7, 11) is 0. The predicted molar refractivity (Wildman–Crippen MR) is 41.6 cm³/mol. The molecule has 1 amide bonds. The molecule has 6 nitrogen and oxygen atoms in total. The number of nitrogens with zero attached hydrogens (tertiary/aromatic N) is 3. The van der Waals surface area contributed by atoms with E-state index in [1.54, 1.807) is 13.8 Å². The molecule has 0 aliphatic carbocycles. The molecule has 0 saturated heterocycles. The molecule has 0 aliphatic heterocycles. The number of carbonyl (C=O) groups is 2. The van der Waals surface area contributed by atoms with E-state index in [2.05, 4.69) is 5.29 Å². The van der Waals surface area contributed by atoms with Gasteiger partial charge in [-0.25, -0.2) is 0 Å². The SMILES string of the molecule is CCN(CC)N(N=O)C(=O)C=O. The summed E-state index contributed by atoms with van der Waals surface area (Å²) in [5, 5.41) is 4.30. The van der Waals surface area contributed by atoms with Gasteiger partial charge in [-0.3, -0.25) is 9.59 Å². The first-order valence-corrected chi connectivity index (χ1v) is 3.58. The van der Waals surface area contributed by atoms with E-state index in [1.165, 1.54) is 5.01 Å². The summed E-state index contributed by atoms with van der Waals surface area (Å²) < 4.78 is 0. The van der Waals surface area contributed by atoms with Gasteiger partial charge in [0.15, 0.2) is 0 Å². The lowest BCUT2D eigenvalue weighted by Gasteiger charge is -2.23. The molecule has 0 aromatic heterocycles. The molecule has 0 spiro atoms. The minimum Gasteiger partial charge on any atom is -0.292 e. The summed E-state index contributed by atoms with van der Waals surface area (Å²) in [5.74, 6) is -0.950. The van der Waals surface area contributed by atoms with E-state index in [1.807, 2.05) is 0 Å². The minimum absolute atomic E-state index is 0.0553. The van der Waals surface area contributed by atoms with Crippen LogP contribution in [0.3, 0.4) is 0 Å². The Hall–Kier alpha value is -1.30. The highest BCUT2D eigenvalue weighted by Gasteiger charge is 2.18. The first-order valence-electron chi connectivity index (χ1n) is 3.58. The van der Waals surface area contributed by atoms with Crippen LogP contribution in [0.5, 0.6) is 0 Å². The fourth-order valence-electron chi connectivity index (χ4n) is 0.770. The van der Waals surface area contributed by atoms with E-state index < -0.39 is 5.91 Å². The van der Waals surface area contributed by atoms with Gasteiger partial charge in [-0.15, -0.1) is 10.0 Å². The molecular weight excluding hydrogens is 162 g/mol. The summed E-state index contributed by atoms with van der Waals surface area (Å²) in [6.07, 6.45) is 0.0553. The van der Waals surface area contributed by atoms with Crippen molar-refractivity contribution in [3.63, 3.8) is 0 Å². The quantitative estimate of drug-likeness (QED) is 0.253. The van der Waals surface area contributed by atoms with Crippen molar-refractivity contribution in [3.8, 4) is 0 Å². The zero-order valence-corrected chi connectivity index (χ0v) is 7.06. The molecule has 0 aromatic rings. The van der Waals surface area contributed by atoms with Crippen molar-refractivity contribution in [2.24, 2.45) is 5.29 Å². The van der Waals surface area contributed by atoms with E-state index in [-0.39, 0.29) is 6.29 Å². The van der Waals surface area contributed by atoms with Gasteiger partial charge in [0.25, 0.3) is 0 Å². The van der Waals surface area contributed by atoms with E-state index >= 15 is 0 Å². The molecule has 0 unspecified atom stereocenters. The lowest BCUT2D eigenvalue weighted by atomic mass is 10.6. The third-order valence-electron chi connectivity index (χ3n) is 1.37. The second kappa shape index (κ2) is 5.36. The minimum atomic E-state index is -0.950. The van der Waals surface area contributed by atoms with Crippen molar-refractivity contribution in [1.82, 2.24) is 10.1 Å². The Morgan fingerprint density at radius 1 is 1.42 bits per heavy atom. The Kier molecular flexibility index (Phi) is 4.78.